The molecule has 2 N–H and O–H groups in total. The van der Waals surface area contributed by atoms with Crippen molar-refractivity contribution in [1.82, 2.24) is 25.0 Å². The fraction of sp³-hybridized carbons (Fsp3) is 0.571. The number of hydrogen-bond acceptors (Lipinski definition) is 5. The third kappa shape index (κ3) is 2.50. The van der Waals surface area contributed by atoms with E-state index in [0.29, 0.717) is 18.6 Å². The average molecular weight is 302 g/mol. The van der Waals surface area contributed by atoms with E-state index in [1.165, 1.54) is 0 Å². The molecule has 2 atom stereocenters. The molecule has 0 spiro atoms. The van der Waals surface area contributed by atoms with Gasteiger partial charge < -0.3 is 4.74 Å². The van der Waals surface area contributed by atoms with Gasteiger partial charge in [0, 0.05) is 18.8 Å². The summed E-state index contributed by atoms with van der Waals surface area (Å²) < 4.78 is 7.73. The van der Waals surface area contributed by atoms with Crippen LogP contribution in [0.4, 0.5) is 5.95 Å². The molecule has 1 saturated carbocycles. The number of aromatic nitrogens is 5. The van der Waals surface area contributed by atoms with Gasteiger partial charge in [0.25, 0.3) is 0 Å². The molecular formula is C14H18N6O2. The van der Waals surface area contributed by atoms with Crippen LogP contribution < -0.4 is 5.32 Å². The summed E-state index contributed by atoms with van der Waals surface area (Å²) in [4.78, 5) is 12.7. The summed E-state index contributed by atoms with van der Waals surface area (Å²) in [6.07, 6.45) is 6.95. The molecule has 0 aromatic carbocycles. The molecule has 116 valence electrons. The lowest BCUT2D eigenvalue weighted by Gasteiger charge is -2.29. The van der Waals surface area contributed by atoms with Crippen LogP contribution in [-0.4, -0.2) is 37.5 Å². The first kappa shape index (κ1) is 13.4. The Hall–Kier alpha value is -2.22. The molecule has 0 bridgehead atoms. The summed E-state index contributed by atoms with van der Waals surface area (Å²) in [6.45, 7) is 0.658. The number of nitrogens with zero attached hydrogens (tertiary/aromatic N) is 4. The molecule has 22 heavy (non-hydrogen) atoms. The molecule has 2 aromatic rings. The summed E-state index contributed by atoms with van der Waals surface area (Å²) in [5, 5.41) is 17.7. The lowest BCUT2D eigenvalue weighted by Crippen LogP contribution is -2.34. The summed E-state index contributed by atoms with van der Waals surface area (Å²) in [7, 11) is 0. The van der Waals surface area contributed by atoms with Gasteiger partial charge in [0.05, 0.1) is 11.6 Å². The minimum atomic E-state index is -0.284. The van der Waals surface area contributed by atoms with Gasteiger partial charge in [-0.15, -0.1) is 10.2 Å². The zero-order chi connectivity index (χ0) is 14.9. The Kier molecular flexibility index (Phi) is 3.38. The van der Waals surface area contributed by atoms with Gasteiger partial charge in [-0.3, -0.25) is 19.8 Å². The van der Waals surface area contributed by atoms with Gasteiger partial charge in [0.1, 0.15) is 12.4 Å². The van der Waals surface area contributed by atoms with Crippen LogP contribution in [0.15, 0.2) is 18.6 Å². The fourth-order valence-corrected chi connectivity index (χ4v) is 2.94. The van der Waals surface area contributed by atoms with Crippen LogP contribution >= 0.6 is 0 Å². The molecule has 4 rings (SSSR count). The van der Waals surface area contributed by atoms with Crippen LogP contribution in [0.25, 0.3) is 0 Å². The van der Waals surface area contributed by atoms with E-state index in [1.807, 2.05) is 10.6 Å². The van der Waals surface area contributed by atoms with E-state index < -0.39 is 0 Å². The third-order valence-electron chi connectivity index (χ3n) is 4.24. The first-order chi connectivity index (χ1) is 10.8. The van der Waals surface area contributed by atoms with Gasteiger partial charge in [-0.25, -0.2) is 0 Å². The van der Waals surface area contributed by atoms with Crippen molar-refractivity contribution in [3.05, 3.63) is 24.3 Å². The maximum atomic E-state index is 12.7. The second-order valence-electron chi connectivity index (χ2n) is 5.83. The van der Waals surface area contributed by atoms with E-state index >= 15 is 0 Å². The molecule has 8 nitrogen and oxygen atoms in total. The molecule has 3 heterocycles. The van der Waals surface area contributed by atoms with Crippen LogP contribution in [0.2, 0.25) is 0 Å². The number of ether oxygens (including phenoxy) is 1. The quantitative estimate of drug-likeness (QED) is 0.890. The van der Waals surface area contributed by atoms with Crippen molar-refractivity contribution >= 4 is 11.9 Å². The maximum Gasteiger partial charge on any atom is 0.232 e. The number of rotatable bonds is 4. The van der Waals surface area contributed by atoms with Crippen molar-refractivity contribution in [2.24, 2.45) is 5.92 Å². The standard InChI is InChI=1S/C14H18N6O2/c21-13(17-14-19-16-8-20(14)9-3-4-9)10-2-1-7-22-12(10)11-5-6-15-18-11/h5-6,8-10,12H,1-4,7H2,(H,15,18)(H,17,19,21)/t10-,12-/m1/s1. The maximum absolute atomic E-state index is 12.7. The van der Waals surface area contributed by atoms with Gasteiger partial charge in [0.15, 0.2) is 0 Å². The number of aromatic amines is 1. The number of carbonyl (C=O) groups is 1. The Labute approximate surface area is 127 Å². The molecule has 2 aliphatic rings. The number of H-pyrrole nitrogens is 1. The molecule has 1 aliphatic heterocycles. The lowest BCUT2D eigenvalue weighted by atomic mass is 9.91. The number of nitrogens with one attached hydrogen (secondary N) is 2. The SMILES string of the molecule is O=C(Nc1nncn1C1CC1)[C@@H]1CCCO[C@H]1c1ccn[nH]1. The summed E-state index contributed by atoms with van der Waals surface area (Å²) in [6, 6.07) is 2.28. The summed E-state index contributed by atoms with van der Waals surface area (Å²) in [5.41, 5.74) is 0.837. The Morgan fingerprint density at radius 2 is 2.32 bits per heavy atom. The molecular weight excluding hydrogens is 284 g/mol. The van der Waals surface area contributed by atoms with Crippen LogP contribution in [-0.2, 0) is 9.53 Å². The molecule has 8 heteroatoms. The number of carbonyl (C=O) groups excluding carboxylic acids is 1. The zero-order valence-electron chi connectivity index (χ0n) is 12.1. The first-order valence-corrected chi connectivity index (χ1v) is 7.64. The van der Waals surface area contributed by atoms with Crippen molar-refractivity contribution < 1.29 is 9.53 Å². The Balaban J connectivity index is 1.51. The second kappa shape index (κ2) is 5.53. The molecule has 1 saturated heterocycles. The average Bonchev–Trinajstić information content (AvgIpc) is 3.05. The van der Waals surface area contributed by atoms with E-state index in [0.717, 1.165) is 31.4 Å². The van der Waals surface area contributed by atoms with Crippen molar-refractivity contribution in [3.63, 3.8) is 0 Å². The monoisotopic (exact) mass is 302 g/mol. The van der Waals surface area contributed by atoms with Crippen molar-refractivity contribution in [3.8, 4) is 0 Å². The predicted molar refractivity (Wildman–Crippen MR) is 76.9 cm³/mol. The molecule has 0 radical (unpaired) electrons. The smallest absolute Gasteiger partial charge is 0.232 e. The van der Waals surface area contributed by atoms with E-state index in [1.54, 1.807) is 12.5 Å². The highest BCUT2D eigenvalue weighted by Gasteiger charge is 2.35. The van der Waals surface area contributed by atoms with E-state index in [4.69, 9.17) is 4.74 Å². The highest BCUT2D eigenvalue weighted by atomic mass is 16.5. The molecule has 1 aliphatic carbocycles. The minimum Gasteiger partial charge on any atom is -0.371 e. The number of anilines is 1. The van der Waals surface area contributed by atoms with Crippen molar-refractivity contribution in [2.45, 2.75) is 37.8 Å². The Morgan fingerprint density at radius 1 is 1.41 bits per heavy atom. The fourth-order valence-electron chi connectivity index (χ4n) is 2.94. The van der Waals surface area contributed by atoms with Gasteiger partial charge in [-0.2, -0.15) is 5.10 Å². The van der Waals surface area contributed by atoms with Crippen molar-refractivity contribution in [2.75, 3.05) is 11.9 Å². The number of amides is 1. The van der Waals surface area contributed by atoms with Crippen LogP contribution in [0, 0.1) is 5.92 Å². The highest BCUT2D eigenvalue weighted by molar-refractivity contribution is 5.91. The molecule has 2 aromatic heterocycles. The number of hydrogen-bond donors (Lipinski definition) is 2. The Bertz CT molecular complexity index is 648. The van der Waals surface area contributed by atoms with E-state index in [9.17, 15) is 4.79 Å². The van der Waals surface area contributed by atoms with Gasteiger partial charge >= 0.3 is 0 Å². The lowest BCUT2D eigenvalue weighted by molar-refractivity contribution is -0.129. The third-order valence-corrected chi connectivity index (χ3v) is 4.24. The van der Waals surface area contributed by atoms with Crippen molar-refractivity contribution in [1.29, 1.82) is 0 Å². The van der Waals surface area contributed by atoms with Gasteiger partial charge in [-0.05, 0) is 31.7 Å². The predicted octanol–water partition coefficient (Wildman–Crippen LogP) is 1.44. The zero-order valence-corrected chi connectivity index (χ0v) is 12.1. The van der Waals surface area contributed by atoms with Gasteiger partial charge in [-0.1, -0.05) is 0 Å². The second-order valence-corrected chi connectivity index (χ2v) is 5.83. The van der Waals surface area contributed by atoms with E-state index in [2.05, 4.69) is 25.7 Å². The highest BCUT2D eigenvalue weighted by Crippen LogP contribution is 2.37. The normalized spacial score (nSPS) is 25.1. The molecule has 1 amide bonds. The summed E-state index contributed by atoms with van der Waals surface area (Å²) in [5.74, 6) is 0.203. The van der Waals surface area contributed by atoms with Crippen LogP contribution in [0.5, 0.6) is 0 Å². The minimum absolute atomic E-state index is 0.0748. The summed E-state index contributed by atoms with van der Waals surface area (Å²) >= 11 is 0. The van der Waals surface area contributed by atoms with Crippen LogP contribution in [0.1, 0.15) is 43.5 Å². The van der Waals surface area contributed by atoms with Crippen LogP contribution in [0.3, 0.4) is 0 Å². The molecule has 0 unspecified atom stereocenters. The topological polar surface area (TPSA) is 97.7 Å². The first-order valence-electron chi connectivity index (χ1n) is 7.64. The van der Waals surface area contributed by atoms with E-state index in [-0.39, 0.29) is 17.9 Å². The molecule has 2 fully saturated rings. The van der Waals surface area contributed by atoms with Gasteiger partial charge in [0.2, 0.25) is 11.9 Å². The largest absolute Gasteiger partial charge is 0.371 e. The Morgan fingerprint density at radius 3 is 3.09 bits per heavy atom.